The van der Waals surface area contributed by atoms with Crippen molar-refractivity contribution in [2.45, 2.75) is 63.8 Å². The van der Waals surface area contributed by atoms with Crippen molar-refractivity contribution < 1.29 is 9.59 Å². The highest BCUT2D eigenvalue weighted by molar-refractivity contribution is 5.90. The lowest BCUT2D eigenvalue weighted by Crippen LogP contribution is -2.47. The van der Waals surface area contributed by atoms with Crippen LogP contribution in [0.3, 0.4) is 0 Å². The minimum absolute atomic E-state index is 0.0662. The highest BCUT2D eigenvalue weighted by Gasteiger charge is 2.29. The molecule has 2 aromatic rings. The number of fused-ring (bicyclic) bond motifs is 1. The van der Waals surface area contributed by atoms with E-state index in [9.17, 15) is 9.59 Å². The molecule has 1 N–H and O–H groups in total. The molecule has 2 amide bonds. The molecule has 1 aliphatic heterocycles. The van der Waals surface area contributed by atoms with Crippen LogP contribution in [0, 0.1) is 5.92 Å². The van der Waals surface area contributed by atoms with Gasteiger partial charge in [-0.2, -0.15) is 0 Å². The lowest BCUT2D eigenvalue weighted by Gasteiger charge is -2.33. The molecule has 1 saturated carbocycles. The van der Waals surface area contributed by atoms with Crippen LogP contribution in [-0.2, 0) is 16.0 Å². The molecule has 1 atom stereocenters. The van der Waals surface area contributed by atoms with Crippen LogP contribution < -0.4 is 5.32 Å². The van der Waals surface area contributed by atoms with Gasteiger partial charge in [0.15, 0.2) is 0 Å². The normalized spacial score (nSPS) is 21.0. The molecule has 2 aliphatic rings. The van der Waals surface area contributed by atoms with Gasteiger partial charge in [0.2, 0.25) is 11.8 Å². The molecular weight excluding hydrogens is 360 g/mol. The molecule has 1 aliphatic carbocycles. The first-order valence-corrected chi connectivity index (χ1v) is 11.3. The van der Waals surface area contributed by atoms with Crippen molar-refractivity contribution in [2.75, 3.05) is 13.1 Å². The largest absolute Gasteiger partial charge is 0.353 e. The standard InChI is InChI=1S/C25H32N2O2/c28-24(17-20-11-7-10-19-9-5-6-15-23(19)20)27-16-8-12-21(18-27)25(29)26-22-13-3-1-2-4-14-22/h5-7,9-11,15,21-22H,1-4,8,12-14,16-18H2,(H,26,29). The Labute approximate surface area is 173 Å². The Balaban J connectivity index is 1.37. The van der Waals surface area contributed by atoms with Gasteiger partial charge in [0.1, 0.15) is 0 Å². The van der Waals surface area contributed by atoms with Gasteiger partial charge in [0.05, 0.1) is 12.3 Å². The van der Waals surface area contributed by atoms with Crippen molar-refractivity contribution >= 4 is 22.6 Å². The van der Waals surface area contributed by atoms with Gasteiger partial charge in [-0.1, -0.05) is 68.1 Å². The van der Waals surface area contributed by atoms with Crippen molar-refractivity contribution in [1.82, 2.24) is 10.2 Å². The van der Waals surface area contributed by atoms with E-state index in [0.717, 1.165) is 48.6 Å². The maximum atomic E-state index is 13.0. The highest BCUT2D eigenvalue weighted by Crippen LogP contribution is 2.23. The topological polar surface area (TPSA) is 49.4 Å². The number of hydrogen-bond donors (Lipinski definition) is 1. The van der Waals surface area contributed by atoms with E-state index in [2.05, 4.69) is 23.5 Å². The molecule has 1 heterocycles. The van der Waals surface area contributed by atoms with Crippen molar-refractivity contribution in [1.29, 1.82) is 0 Å². The molecular formula is C25H32N2O2. The van der Waals surface area contributed by atoms with Crippen LogP contribution in [0.2, 0.25) is 0 Å². The zero-order chi connectivity index (χ0) is 20.1. The van der Waals surface area contributed by atoms with E-state index in [-0.39, 0.29) is 17.7 Å². The van der Waals surface area contributed by atoms with E-state index >= 15 is 0 Å². The van der Waals surface area contributed by atoms with Gasteiger partial charge in [-0.05, 0) is 42.0 Å². The van der Waals surface area contributed by atoms with Crippen molar-refractivity contribution in [3.05, 3.63) is 48.0 Å². The zero-order valence-corrected chi connectivity index (χ0v) is 17.2. The number of piperidine rings is 1. The first-order valence-electron chi connectivity index (χ1n) is 11.3. The Hall–Kier alpha value is -2.36. The molecule has 0 spiro atoms. The smallest absolute Gasteiger partial charge is 0.227 e. The molecule has 2 fully saturated rings. The summed E-state index contributed by atoms with van der Waals surface area (Å²) in [6.07, 6.45) is 9.39. The predicted molar refractivity (Wildman–Crippen MR) is 117 cm³/mol. The first kappa shape index (κ1) is 19.9. The molecule has 0 aromatic heterocycles. The molecule has 1 unspecified atom stereocenters. The maximum Gasteiger partial charge on any atom is 0.227 e. The van der Waals surface area contributed by atoms with E-state index in [1.807, 2.05) is 29.2 Å². The summed E-state index contributed by atoms with van der Waals surface area (Å²) in [4.78, 5) is 27.7. The van der Waals surface area contributed by atoms with Crippen molar-refractivity contribution in [2.24, 2.45) is 5.92 Å². The third-order valence-corrected chi connectivity index (χ3v) is 6.57. The third kappa shape index (κ3) is 4.98. The zero-order valence-electron chi connectivity index (χ0n) is 17.2. The maximum absolute atomic E-state index is 13.0. The Morgan fingerprint density at radius 2 is 1.66 bits per heavy atom. The van der Waals surface area contributed by atoms with Crippen LogP contribution in [0.5, 0.6) is 0 Å². The van der Waals surface area contributed by atoms with E-state index in [1.54, 1.807) is 0 Å². The monoisotopic (exact) mass is 392 g/mol. The van der Waals surface area contributed by atoms with E-state index in [1.165, 1.54) is 25.7 Å². The molecule has 4 heteroatoms. The summed E-state index contributed by atoms with van der Waals surface area (Å²) in [5.41, 5.74) is 1.07. The quantitative estimate of drug-likeness (QED) is 0.781. The van der Waals surface area contributed by atoms with E-state index in [4.69, 9.17) is 0 Å². The molecule has 2 aromatic carbocycles. The number of nitrogens with zero attached hydrogens (tertiary/aromatic N) is 1. The lowest BCUT2D eigenvalue weighted by molar-refractivity contribution is -0.135. The molecule has 29 heavy (non-hydrogen) atoms. The molecule has 0 bridgehead atoms. The second-order valence-corrected chi connectivity index (χ2v) is 8.69. The van der Waals surface area contributed by atoms with Crippen molar-refractivity contribution in [3.63, 3.8) is 0 Å². The van der Waals surface area contributed by atoms with Gasteiger partial charge in [0.25, 0.3) is 0 Å². The van der Waals surface area contributed by atoms with E-state index < -0.39 is 0 Å². The second-order valence-electron chi connectivity index (χ2n) is 8.69. The van der Waals surface area contributed by atoms with Gasteiger partial charge in [-0.25, -0.2) is 0 Å². The van der Waals surface area contributed by atoms with Gasteiger partial charge in [-0.3, -0.25) is 9.59 Å². The van der Waals surface area contributed by atoms with Gasteiger partial charge in [0, 0.05) is 19.1 Å². The number of rotatable bonds is 4. The second kappa shape index (κ2) is 9.43. The summed E-state index contributed by atoms with van der Waals surface area (Å²) < 4.78 is 0. The lowest BCUT2D eigenvalue weighted by atomic mass is 9.95. The predicted octanol–water partition coefficient (Wildman–Crippen LogP) is 4.46. The first-order chi connectivity index (χ1) is 14.2. The molecule has 154 valence electrons. The van der Waals surface area contributed by atoms with Gasteiger partial charge >= 0.3 is 0 Å². The summed E-state index contributed by atoms with van der Waals surface area (Å²) in [6.45, 7) is 1.32. The number of hydrogen-bond acceptors (Lipinski definition) is 2. The summed E-state index contributed by atoms with van der Waals surface area (Å²) in [6, 6.07) is 14.7. The van der Waals surface area contributed by atoms with Crippen LogP contribution in [-0.4, -0.2) is 35.8 Å². The summed E-state index contributed by atoms with van der Waals surface area (Å²) in [7, 11) is 0. The van der Waals surface area contributed by atoms with E-state index in [0.29, 0.717) is 19.0 Å². The minimum Gasteiger partial charge on any atom is -0.353 e. The number of amides is 2. The summed E-state index contributed by atoms with van der Waals surface area (Å²) in [5, 5.41) is 5.59. The number of carbonyl (C=O) groups is 2. The average molecular weight is 393 g/mol. The van der Waals surface area contributed by atoms with Gasteiger partial charge < -0.3 is 10.2 Å². The number of nitrogens with one attached hydrogen (secondary N) is 1. The number of likely N-dealkylation sites (tertiary alicyclic amines) is 1. The average Bonchev–Trinajstić information content (AvgIpc) is 3.03. The van der Waals surface area contributed by atoms with Crippen LogP contribution >= 0.6 is 0 Å². The van der Waals surface area contributed by atoms with Gasteiger partial charge in [-0.15, -0.1) is 0 Å². The number of benzene rings is 2. The number of carbonyl (C=O) groups excluding carboxylic acids is 2. The Bertz CT molecular complexity index is 850. The molecule has 4 rings (SSSR count). The fraction of sp³-hybridized carbons (Fsp3) is 0.520. The van der Waals surface area contributed by atoms with Crippen LogP contribution in [0.25, 0.3) is 10.8 Å². The SMILES string of the molecule is O=C(NC1CCCCCC1)C1CCCN(C(=O)Cc2cccc3ccccc23)C1. The summed E-state index contributed by atoms with van der Waals surface area (Å²) in [5.74, 6) is 0.219. The molecule has 4 nitrogen and oxygen atoms in total. The molecule has 1 saturated heterocycles. The fourth-order valence-electron chi connectivity index (χ4n) is 4.88. The minimum atomic E-state index is -0.0662. The fourth-order valence-corrected chi connectivity index (χ4v) is 4.88. The van der Waals surface area contributed by atoms with Crippen molar-refractivity contribution in [3.8, 4) is 0 Å². The van der Waals surface area contributed by atoms with Crippen LogP contribution in [0.4, 0.5) is 0 Å². The Morgan fingerprint density at radius 3 is 2.48 bits per heavy atom. The molecule has 0 radical (unpaired) electrons. The van der Waals surface area contributed by atoms with Crippen LogP contribution in [0.15, 0.2) is 42.5 Å². The highest BCUT2D eigenvalue weighted by atomic mass is 16.2. The van der Waals surface area contributed by atoms with Crippen LogP contribution in [0.1, 0.15) is 56.9 Å². The third-order valence-electron chi connectivity index (χ3n) is 6.57. The Kier molecular flexibility index (Phi) is 6.48. The Morgan fingerprint density at radius 1 is 0.897 bits per heavy atom. The summed E-state index contributed by atoms with van der Waals surface area (Å²) >= 11 is 0.